The molecule has 0 bridgehead atoms. The average molecular weight is 411 g/mol. The maximum atomic E-state index is 13.1. The van der Waals surface area contributed by atoms with Gasteiger partial charge in [0.1, 0.15) is 5.52 Å². The number of anilines is 1. The van der Waals surface area contributed by atoms with Crippen LogP contribution in [-0.2, 0) is 16.2 Å². The summed E-state index contributed by atoms with van der Waals surface area (Å²) in [6.45, 7) is 2.89. The van der Waals surface area contributed by atoms with Gasteiger partial charge in [0.25, 0.3) is 10.0 Å². The van der Waals surface area contributed by atoms with Gasteiger partial charge in [-0.3, -0.25) is 4.98 Å². The molecule has 11 heteroatoms. The van der Waals surface area contributed by atoms with Crippen molar-refractivity contribution in [1.29, 1.82) is 0 Å². The lowest BCUT2D eigenvalue weighted by atomic mass is 10.3. The Morgan fingerprint density at radius 1 is 1.07 bits per heavy atom. The van der Waals surface area contributed by atoms with Gasteiger partial charge in [0, 0.05) is 44.8 Å². The zero-order valence-electron chi connectivity index (χ0n) is 14.5. The summed E-state index contributed by atoms with van der Waals surface area (Å²) < 4.78 is 65.4. The summed E-state index contributed by atoms with van der Waals surface area (Å²) in [6.07, 6.45) is -1.04. The van der Waals surface area contributed by atoms with Crippen molar-refractivity contribution in [3.63, 3.8) is 0 Å². The van der Waals surface area contributed by atoms with Crippen molar-refractivity contribution in [1.82, 2.24) is 19.3 Å². The minimum atomic E-state index is -4.59. The molecule has 1 aliphatic rings. The van der Waals surface area contributed by atoms with Gasteiger partial charge in [-0.05, 0) is 24.3 Å². The first kappa shape index (κ1) is 18.7. The summed E-state index contributed by atoms with van der Waals surface area (Å²) in [5.74, 6) is 0. The smallest absolute Gasteiger partial charge is 0.366 e. The second-order valence-corrected chi connectivity index (χ2v) is 8.07. The molecule has 0 aliphatic carbocycles. The molecule has 148 valence electrons. The maximum absolute atomic E-state index is 13.1. The monoisotopic (exact) mass is 411 g/mol. The number of pyridine rings is 2. The predicted molar refractivity (Wildman–Crippen MR) is 96.6 cm³/mol. The summed E-state index contributed by atoms with van der Waals surface area (Å²) in [7, 11) is -4.19. The van der Waals surface area contributed by atoms with Crippen molar-refractivity contribution in [3.05, 3.63) is 48.4 Å². The SMILES string of the molecule is O=S(=O)(c1ccc(C(F)(F)F)cn1)n1cc(N2CCNCC2)c2ncccc21. The van der Waals surface area contributed by atoms with Crippen molar-refractivity contribution in [2.45, 2.75) is 11.2 Å². The van der Waals surface area contributed by atoms with Gasteiger partial charge in [0.15, 0.2) is 5.03 Å². The molecule has 0 amide bonds. The van der Waals surface area contributed by atoms with Crippen molar-refractivity contribution in [3.8, 4) is 0 Å². The number of rotatable bonds is 3. The van der Waals surface area contributed by atoms with Gasteiger partial charge in [-0.15, -0.1) is 0 Å². The normalized spacial score (nSPS) is 15.9. The van der Waals surface area contributed by atoms with E-state index in [1.807, 2.05) is 4.90 Å². The number of nitrogens with one attached hydrogen (secondary N) is 1. The highest BCUT2D eigenvalue weighted by Crippen LogP contribution is 2.32. The third-order valence-electron chi connectivity index (χ3n) is 4.55. The Morgan fingerprint density at radius 3 is 2.46 bits per heavy atom. The number of fused-ring (bicyclic) bond motifs is 1. The highest BCUT2D eigenvalue weighted by molar-refractivity contribution is 7.90. The van der Waals surface area contributed by atoms with Crippen molar-refractivity contribution in [2.24, 2.45) is 0 Å². The lowest BCUT2D eigenvalue weighted by Gasteiger charge is -2.28. The molecular weight excluding hydrogens is 395 g/mol. The van der Waals surface area contributed by atoms with E-state index < -0.39 is 26.8 Å². The first-order valence-electron chi connectivity index (χ1n) is 8.49. The van der Waals surface area contributed by atoms with Crippen LogP contribution in [0.5, 0.6) is 0 Å². The average Bonchev–Trinajstić information content (AvgIpc) is 3.09. The van der Waals surface area contributed by atoms with E-state index in [4.69, 9.17) is 0 Å². The fraction of sp³-hybridized carbons (Fsp3) is 0.294. The Bertz CT molecular complexity index is 1100. The fourth-order valence-corrected chi connectivity index (χ4v) is 4.42. The molecule has 3 aromatic heterocycles. The van der Waals surface area contributed by atoms with Crippen LogP contribution in [0, 0.1) is 0 Å². The summed E-state index contributed by atoms with van der Waals surface area (Å²) in [4.78, 5) is 9.89. The van der Waals surface area contributed by atoms with Gasteiger partial charge in [-0.25, -0.2) is 8.96 Å². The van der Waals surface area contributed by atoms with Crippen LogP contribution in [0.25, 0.3) is 11.0 Å². The zero-order chi connectivity index (χ0) is 19.9. The second-order valence-electron chi connectivity index (χ2n) is 6.31. The molecule has 7 nitrogen and oxygen atoms in total. The molecule has 1 saturated heterocycles. The van der Waals surface area contributed by atoms with Crippen molar-refractivity contribution < 1.29 is 21.6 Å². The third kappa shape index (κ3) is 3.20. The van der Waals surface area contributed by atoms with E-state index in [9.17, 15) is 21.6 Å². The second kappa shape index (κ2) is 6.74. The van der Waals surface area contributed by atoms with E-state index in [1.54, 1.807) is 18.3 Å². The van der Waals surface area contributed by atoms with Crippen LogP contribution in [0.1, 0.15) is 5.56 Å². The molecule has 4 rings (SSSR count). The zero-order valence-corrected chi connectivity index (χ0v) is 15.3. The molecule has 0 atom stereocenters. The van der Waals surface area contributed by atoms with E-state index >= 15 is 0 Å². The minimum absolute atomic E-state index is 0.345. The topological polar surface area (TPSA) is 80.1 Å². The Hall–Kier alpha value is -2.66. The number of aromatic nitrogens is 3. The Balaban J connectivity index is 1.81. The van der Waals surface area contributed by atoms with E-state index in [0.29, 0.717) is 42.1 Å². The van der Waals surface area contributed by atoms with Crippen molar-refractivity contribution in [2.75, 3.05) is 31.1 Å². The van der Waals surface area contributed by atoms with E-state index in [1.165, 1.54) is 6.20 Å². The van der Waals surface area contributed by atoms with E-state index in [2.05, 4.69) is 15.3 Å². The molecule has 0 unspecified atom stereocenters. The van der Waals surface area contributed by atoms with Gasteiger partial charge in [-0.1, -0.05) is 0 Å². The van der Waals surface area contributed by atoms with Crippen LogP contribution in [0.2, 0.25) is 0 Å². The number of alkyl halides is 3. The summed E-state index contributed by atoms with van der Waals surface area (Å²) in [5.41, 5.74) is 0.511. The molecule has 3 aromatic rings. The van der Waals surface area contributed by atoms with Gasteiger partial charge >= 0.3 is 6.18 Å². The number of hydrogen-bond donors (Lipinski definition) is 1. The fourth-order valence-electron chi connectivity index (χ4n) is 3.15. The molecule has 1 aliphatic heterocycles. The molecule has 4 heterocycles. The highest BCUT2D eigenvalue weighted by atomic mass is 32.2. The molecule has 0 aromatic carbocycles. The Morgan fingerprint density at radius 2 is 1.82 bits per heavy atom. The minimum Gasteiger partial charge on any atom is -0.366 e. The van der Waals surface area contributed by atoms with Gasteiger partial charge < -0.3 is 10.2 Å². The maximum Gasteiger partial charge on any atom is 0.417 e. The first-order valence-corrected chi connectivity index (χ1v) is 9.93. The van der Waals surface area contributed by atoms with Crippen LogP contribution in [0.15, 0.2) is 47.9 Å². The number of piperazine rings is 1. The van der Waals surface area contributed by atoms with Gasteiger partial charge in [-0.2, -0.15) is 21.6 Å². The first-order chi connectivity index (χ1) is 13.3. The van der Waals surface area contributed by atoms with E-state index in [-0.39, 0.29) is 0 Å². The van der Waals surface area contributed by atoms with Crippen LogP contribution in [-0.4, -0.2) is 48.5 Å². The lowest BCUT2D eigenvalue weighted by Crippen LogP contribution is -2.43. The van der Waals surface area contributed by atoms with Crippen LogP contribution in [0.4, 0.5) is 18.9 Å². The van der Waals surface area contributed by atoms with Gasteiger partial charge in [0.2, 0.25) is 0 Å². The molecule has 0 radical (unpaired) electrons. The summed E-state index contributed by atoms with van der Waals surface area (Å²) in [6, 6.07) is 4.79. The Kier molecular flexibility index (Phi) is 4.50. The Labute approximate surface area is 158 Å². The largest absolute Gasteiger partial charge is 0.417 e. The van der Waals surface area contributed by atoms with Crippen LogP contribution < -0.4 is 10.2 Å². The number of hydrogen-bond acceptors (Lipinski definition) is 6. The van der Waals surface area contributed by atoms with Gasteiger partial charge in [0.05, 0.1) is 16.8 Å². The third-order valence-corrected chi connectivity index (χ3v) is 6.14. The number of nitrogens with zero attached hydrogens (tertiary/aromatic N) is 4. The molecule has 0 spiro atoms. The molecule has 1 N–H and O–H groups in total. The molecular formula is C17H16F3N5O2S. The molecule has 1 fully saturated rings. The lowest BCUT2D eigenvalue weighted by molar-refractivity contribution is -0.137. The van der Waals surface area contributed by atoms with Crippen molar-refractivity contribution >= 4 is 26.7 Å². The highest BCUT2D eigenvalue weighted by Gasteiger charge is 2.32. The van der Waals surface area contributed by atoms with Crippen LogP contribution >= 0.6 is 0 Å². The summed E-state index contributed by atoms with van der Waals surface area (Å²) >= 11 is 0. The number of halogens is 3. The predicted octanol–water partition coefficient (Wildman–Crippen LogP) is 2.10. The molecule has 0 saturated carbocycles. The quantitative estimate of drug-likeness (QED) is 0.711. The van der Waals surface area contributed by atoms with Crippen LogP contribution in [0.3, 0.4) is 0 Å². The van der Waals surface area contributed by atoms with E-state index in [0.717, 1.165) is 23.1 Å². The summed E-state index contributed by atoms with van der Waals surface area (Å²) in [5, 5.41) is 2.76. The standard InChI is InChI=1S/C17H16F3N5O2S/c18-17(19,20)12-3-4-15(23-10-12)28(26,27)25-11-14(24-8-6-21-7-9-24)16-13(25)2-1-5-22-16/h1-5,10-11,21H,6-9H2. The molecule has 28 heavy (non-hydrogen) atoms.